The van der Waals surface area contributed by atoms with Crippen molar-refractivity contribution < 1.29 is 14.3 Å². The predicted molar refractivity (Wildman–Crippen MR) is 114 cm³/mol. The van der Waals surface area contributed by atoms with Gasteiger partial charge in [-0.25, -0.2) is 5.43 Å². The van der Waals surface area contributed by atoms with Gasteiger partial charge in [-0.05, 0) is 24.6 Å². The van der Waals surface area contributed by atoms with Crippen LogP contribution in [-0.2, 0) is 9.53 Å². The molecule has 1 amide bonds. The first-order chi connectivity index (χ1) is 14.2. The molecule has 1 aliphatic rings. The van der Waals surface area contributed by atoms with E-state index in [2.05, 4.69) is 32.9 Å². The Morgan fingerprint density at radius 2 is 1.83 bits per heavy atom. The van der Waals surface area contributed by atoms with E-state index < -0.39 is 0 Å². The number of hydrogen-bond acceptors (Lipinski definition) is 6. The zero-order valence-electron chi connectivity index (χ0n) is 16.9. The Labute approximate surface area is 171 Å². The van der Waals surface area contributed by atoms with Gasteiger partial charge < -0.3 is 14.8 Å². The quantitative estimate of drug-likeness (QED) is 0.530. The van der Waals surface area contributed by atoms with Crippen LogP contribution in [0.2, 0.25) is 0 Å². The van der Waals surface area contributed by atoms with Crippen LogP contribution in [0.1, 0.15) is 18.5 Å². The summed E-state index contributed by atoms with van der Waals surface area (Å²) in [7, 11) is 1.60. The molecule has 0 unspecified atom stereocenters. The Balaban J connectivity index is 1.64. The van der Waals surface area contributed by atoms with Crippen molar-refractivity contribution in [3.63, 3.8) is 0 Å². The first-order valence-corrected chi connectivity index (χ1v) is 9.75. The average molecular weight is 396 g/mol. The lowest BCUT2D eigenvalue weighted by Gasteiger charge is -2.34. The lowest BCUT2D eigenvalue weighted by atomic mass is 10.0. The lowest BCUT2D eigenvalue weighted by molar-refractivity contribution is -0.119. The molecule has 0 saturated carbocycles. The van der Waals surface area contributed by atoms with E-state index in [1.165, 1.54) is 0 Å². The molecule has 7 nitrogen and oxygen atoms in total. The molecule has 1 saturated heterocycles. The summed E-state index contributed by atoms with van der Waals surface area (Å²) in [5, 5.41) is 7.47. The summed E-state index contributed by atoms with van der Waals surface area (Å²) >= 11 is 0. The second-order valence-corrected chi connectivity index (χ2v) is 6.80. The highest BCUT2D eigenvalue weighted by Crippen LogP contribution is 2.24. The number of rotatable bonds is 8. The number of methoxy groups -OCH3 is 1. The van der Waals surface area contributed by atoms with Crippen molar-refractivity contribution in [2.75, 3.05) is 45.3 Å². The van der Waals surface area contributed by atoms with E-state index in [0.717, 1.165) is 30.1 Å². The Morgan fingerprint density at radius 1 is 1.14 bits per heavy atom. The van der Waals surface area contributed by atoms with E-state index in [9.17, 15) is 4.79 Å². The largest absolute Gasteiger partial charge is 0.495 e. The van der Waals surface area contributed by atoms with Crippen molar-refractivity contribution in [1.82, 2.24) is 10.3 Å². The molecule has 1 fully saturated rings. The second kappa shape index (κ2) is 10.6. The summed E-state index contributed by atoms with van der Waals surface area (Å²) in [6.07, 6.45) is 0. The number of carbonyl (C=O) groups is 1. The third-order valence-corrected chi connectivity index (χ3v) is 4.83. The van der Waals surface area contributed by atoms with Gasteiger partial charge in [-0.3, -0.25) is 9.69 Å². The lowest BCUT2D eigenvalue weighted by Crippen LogP contribution is -2.42. The van der Waals surface area contributed by atoms with Gasteiger partial charge in [0.1, 0.15) is 5.75 Å². The summed E-state index contributed by atoms with van der Waals surface area (Å²) in [5.41, 5.74) is 5.42. The maximum atomic E-state index is 12.3. The second-order valence-electron chi connectivity index (χ2n) is 6.80. The number of morpholine rings is 1. The standard InChI is InChI=1S/C22H28N4O3/c1-17(22(18-8-4-3-5-9-18)26-12-14-29-15-13-26)24-25-21(27)16-23-19-10-6-7-11-20(19)28-2/h3-11,22-23H,12-16H2,1-2H3,(H,25,27)/b24-17-/t22-/m1/s1. The van der Waals surface area contributed by atoms with E-state index in [1.54, 1.807) is 7.11 Å². The molecule has 1 aliphatic heterocycles. The molecule has 2 aromatic rings. The highest BCUT2D eigenvalue weighted by atomic mass is 16.5. The van der Waals surface area contributed by atoms with E-state index in [4.69, 9.17) is 9.47 Å². The molecular weight excluding hydrogens is 368 g/mol. The molecule has 29 heavy (non-hydrogen) atoms. The highest BCUT2D eigenvalue weighted by Gasteiger charge is 2.25. The predicted octanol–water partition coefficient (Wildman–Crippen LogP) is 2.67. The molecular formula is C22H28N4O3. The summed E-state index contributed by atoms with van der Waals surface area (Å²) in [6.45, 7) is 5.11. The number of hydrazone groups is 1. The van der Waals surface area contributed by atoms with Crippen LogP contribution >= 0.6 is 0 Å². The Hall–Kier alpha value is -2.90. The first kappa shape index (κ1) is 20.8. The molecule has 154 valence electrons. The van der Waals surface area contributed by atoms with Gasteiger partial charge in [-0.15, -0.1) is 0 Å². The van der Waals surface area contributed by atoms with Crippen molar-refractivity contribution in [3.8, 4) is 5.75 Å². The minimum absolute atomic E-state index is 0.00239. The van der Waals surface area contributed by atoms with Crippen LogP contribution in [0.25, 0.3) is 0 Å². The van der Waals surface area contributed by atoms with Crippen LogP contribution in [0.3, 0.4) is 0 Å². The van der Waals surface area contributed by atoms with E-state index in [0.29, 0.717) is 19.0 Å². The number of amides is 1. The Kier molecular flexibility index (Phi) is 7.61. The van der Waals surface area contributed by atoms with Gasteiger partial charge in [0.05, 0.1) is 44.3 Å². The van der Waals surface area contributed by atoms with Crippen molar-refractivity contribution in [3.05, 3.63) is 60.2 Å². The number of carbonyl (C=O) groups excluding carboxylic acids is 1. The Bertz CT molecular complexity index is 820. The van der Waals surface area contributed by atoms with Crippen LogP contribution in [0, 0.1) is 0 Å². The van der Waals surface area contributed by atoms with Gasteiger partial charge in [0.2, 0.25) is 0 Å². The normalized spacial score (nSPS) is 16.1. The fourth-order valence-corrected chi connectivity index (χ4v) is 3.40. The molecule has 0 radical (unpaired) electrons. The van der Waals surface area contributed by atoms with Crippen molar-refractivity contribution in [2.24, 2.45) is 5.10 Å². The van der Waals surface area contributed by atoms with Crippen molar-refractivity contribution >= 4 is 17.3 Å². The van der Waals surface area contributed by atoms with Gasteiger partial charge >= 0.3 is 0 Å². The number of nitrogens with zero attached hydrogens (tertiary/aromatic N) is 2. The fraction of sp³-hybridized carbons (Fsp3) is 0.364. The number of ether oxygens (including phenoxy) is 2. The maximum Gasteiger partial charge on any atom is 0.259 e. The molecule has 0 aromatic heterocycles. The summed E-state index contributed by atoms with van der Waals surface area (Å²) in [5.74, 6) is 0.473. The van der Waals surface area contributed by atoms with Crippen molar-refractivity contribution in [1.29, 1.82) is 0 Å². The van der Waals surface area contributed by atoms with Crippen LogP contribution in [0.4, 0.5) is 5.69 Å². The van der Waals surface area contributed by atoms with Crippen molar-refractivity contribution in [2.45, 2.75) is 13.0 Å². The molecule has 7 heteroatoms. The highest BCUT2D eigenvalue weighted by molar-refractivity contribution is 5.90. The third kappa shape index (κ3) is 5.79. The topological polar surface area (TPSA) is 75.2 Å². The number of nitrogens with one attached hydrogen (secondary N) is 2. The zero-order chi connectivity index (χ0) is 20.5. The molecule has 0 aliphatic carbocycles. The summed E-state index contributed by atoms with van der Waals surface area (Å²) in [4.78, 5) is 14.6. The van der Waals surface area contributed by atoms with Crippen LogP contribution in [-0.4, -0.2) is 56.5 Å². The SMILES string of the molecule is COc1ccccc1NCC(=O)N/N=C(/C)[C@H](c1ccccc1)N1CCOCC1. The van der Waals surface area contributed by atoms with Gasteiger partial charge in [-0.2, -0.15) is 5.10 Å². The molecule has 1 heterocycles. The molecule has 3 rings (SSSR count). The van der Waals surface area contributed by atoms with Gasteiger partial charge in [0.15, 0.2) is 0 Å². The molecule has 2 N–H and O–H groups in total. The maximum absolute atomic E-state index is 12.3. The monoisotopic (exact) mass is 396 g/mol. The third-order valence-electron chi connectivity index (χ3n) is 4.83. The minimum atomic E-state index is -0.218. The number of para-hydroxylation sites is 2. The zero-order valence-corrected chi connectivity index (χ0v) is 16.9. The van der Waals surface area contributed by atoms with Gasteiger partial charge in [0, 0.05) is 13.1 Å². The summed E-state index contributed by atoms with van der Waals surface area (Å²) < 4.78 is 10.8. The van der Waals surface area contributed by atoms with Gasteiger partial charge in [0.25, 0.3) is 5.91 Å². The molecule has 0 bridgehead atoms. The van der Waals surface area contributed by atoms with Crippen LogP contribution in [0.15, 0.2) is 59.7 Å². The smallest absolute Gasteiger partial charge is 0.259 e. The fourth-order valence-electron chi connectivity index (χ4n) is 3.40. The van der Waals surface area contributed by atoms with Crippen LogP contribution in [0.5, 0.6) is 5.75 Å². The summed E-state index contributed by atoms with van der Waals surface area (Å²) in [6, 6.07) is 17.7. The molecule has 1 atom stereocenters. The van der Waals surface area contributed by atoms with E-state index in [-0.39, 0.29) is 18.5 Å². The first-order valence-electron chi connectivity index (χ1n) is 9.75. The average Bonchev–Trinajstić information content (AvgIpc) is 2.78. The van der Waals surface area contributed by atoms with E-state index in [1.807, 2.05) is 49.4 Å². The van der Waals surface area contributed by atoms with Crippen LogP contribution < -0.4 is 15.5 Å². The minimum Gasteiger partial charge on any atom is -0.495 e. The Morgan fingerprint density at radius 3 is 2.55 bits per heavy atom. The number of benzene rings is 2. The number of anilines is 1. The van der Waals surface area contributed by atoms with Gasteiger partial charge in [-0.1, -0.05) is 42.5 Å². The number of hydrogen-bond donors (Lipinski definition) is 2. The molecule has 2 aromatic carbocycles. The van der Waals surface area contributed by atoms with E-state index >= 15 is 0 Å². The molecule has 0 spiro atoms.